The molecule has 19 heavy (non-hydrogen) atoms. The van der Waals surface area contributed by atoms with E-state index in [0.717, 1.165) is 0 Å². The van der Waals surface area contributed by atoms with Crippen molar-refractivity contribution in [2.75, 3.05) is 11.1 Å². The fourth-order valence-corrected chi connectivity index (χ4v) is 1.68. The van der Waals surface area contributed by atoms with Crippen LogP contribution in [-0.4, -0.2) is 15.9 Å². The van der Waals surface area contributed by atoms with Gasteiger partial charge in [0.1, 0.15) is 16.6 Å². The SMILES string of the molecule is CC(=O)Nc1ccccc1Oc1ncnc(N)c1Br. The Bertz CT molecular complexity index is 618. The molecule has 3 N–H and O–H groups in total. The van der Waals surface area contributed by atoms with Gasteiger partial charge in [0, 0.05) is 6.92 Å². The molecule has 1 amide bonds. The first kappa shape index (κ1) is 13.3. The molecular weight excluding hydrogens is 312 g/mol. The van der Waals surface area contributed by atoms with Crippen molar-refractivity contribution in [1.29, 1.82) is 0 Å². The fraction of sp³-hybridized carbons (Fsp3) is 0.0833. The van der Waals surface area contributed by atoms with Gasteiger partial charge in [0.25, 0.3) is 0 Å². The standard InChI is InChI=1S/C12H11BrN4O2/c1-7(18)17-8-4-2-3-5-9(8)19-12-10(13)11(14)15-6-16-12/h2-6H,1H3,(H,17,18)(H2,14,15,16). The number of nitrogens with zero attached hydrogens (tertiary/aromatic N) is 2. The van der Waals surface area contributed by atoms with E-state index in [9.17, 15) is 4.79 Å². The summed E-state index contributed by atoms with van der Waals surface area (Å²) in [5, 5.41) is 2.67. The second-order valence-corrected chi connectivity index (χ2v) is 4.45. The van der Waals surface area contributed by atoms with E-state index in [1.54, 1.807) is 24.3 Å². The van der Waals surface area contributed by atoms with Gasteiger partial charge in [-0.3, -0.25) is 4.79 Å². The lowest BCUT2D eigenvalue weighted by molar-refractivity contribution is -0.114. The van der Waals surface area contributed by atoms with Crippen LogP contribution in [0.15, 0.2) is 35.1 Å². The third kappa shape index (κ3) is 3.19. The number of para-hydroxylation sites is 2. The first-order valence-corrected chi connectivity index (χ1v) is 6.17. The number of nitrogens with one attached hydrogen (secondary N) is 1. The number of carbonyl (C=O) groups is 1. The number of nitrogen functional groups attached to an aromatic ring is 1. The van der Waals surface area contributed by atoms with Gasteiger partial charge in [-0.25, -0.2) is 9.97 Å². The number of benzene rings is 1. The van der Waals surface area contributed by atoms with Crippen LogP contribution in [0.25, 0.3) is 0 Å². The highest BCUT2D eigenvalue weighted by molar-refractivity contribution is 9.10. The Kier molecular flexibility index (Phi) is 3.96. The van der Waals surface area contributed by atoms with Crippen LogP contribution in [0.3, 0.4) is 0 Å². The van der Waals surface area contributed by atoms with Crippen molar-refractivity contribution in [3.8, 4) is 11.6 Å². The number of anilines is 2. The lowest BCUT2D eigenvalue weighted by atomic mass is 10.3. The van der Waals surface area contributed by atoms with E-state index in [0.29, 0.717) is 15.9 Å². The normalized spacial score (nSPS) is 10.0. The van der Waals surface area contributed by atoms with Gasteiger partial charge in [-0.05, 0) is 28.1 Å². The minimum atomic E-state index is -0.183. The molecule has 1 aromatic carbocycles. The molecule has 0 aliphatic carbocycles. The molecule has 0 radical (unpaired) electrons. The van der Waals surface area contributed by atoms with E-state index in [2.05, 4.69) is 31.2 Å². The first-order valence-electron chi connectivity index (χ1n) is 5.38. The quantitative estimate of drug-likeness (QED) is 0.906. The monoisotopic (exact) mass is 322 g/mol. The zero-order valence-corrected chi connectivity index (χ0v) is 11.6. The molecule has 0 aliphatic rings. The van der Waals surface area contributed by atoms with Gasteiger partial charge in [-0.15, -0.1) is 0 Å². The summed E-state index contributed by atoms with van der Waals surface area (Å²) in [5.74, 6) is 0.848. The van der Waals surface area contributed by atoms with Crippen molar-refractivity contribution in [2.45, 2.75) is 6.92 Å². The smallest absolute Gasteiger partial charge is 0.238 e. The minimum absolute atomic E-state index is 0.183. The minimum Gasteiger partial charge on any atom is -0.435 e. The Morgan fingerprint density at radius 3 is 2.84 bits per heavy atom. The molecule has 6 nitrogen and oxygen atoms in total. The molecule has 1 heterocycles. The van der Waals surface area contributed by atoms with E-state index in [1.165, 1.54) is 13.3 Å². The van der Waals surface area contributed by atoms with Crippen LogP contribution >= 0.6 is 15.9 Å². The molecule has 0 saturated carbocycles. The molecule has 0 aliphatic heterocycles. The molecule has 2 aromatic rings. The maximum absolute atomic E-state index is 11.1. The maximum atomic E-state index is 11.1. The summed E-state index contributed by atoms with van der Waals surface area (Å²) >= 11 is 3.25. The van der Waals surface area contributed by atoms with Crippen LogP contribution in [0, 0.1) is 0 Å². The lowest BCUT2D eigenvalue weighted by Gasteiger charge is -2.11. The Balaban J connectivity index is 2.33. The predicted octanol–water partition coefficient (Wildman–Crippen LogP) is 2.57. The van der Waals surface area contributed by atoms with E-state index < -0.39 is 0 Å². The zero-order chi connectivity index (χ0) is 13.8. The second-order valence-electron chi connectivity index (χ2n) is 3.66. The summed E-state index contributed by atoms with van der Waals surface area (Å²) in [6.07, 6.45) is 1.30. The Morgan fingerprint density at radius 2 is 2.11 bits per heavy atom. The van der Waals surface area contributed by atoms with Crippen LogP contribution in [-0.2, 0) is 4.79 Å². The number of carbonyl (C=O) groups excluding carboxylic acids is 1. The van der Waals surface area contributed by atoms with Crippen molar-refractivity contribution in [2.24, 2.45) is 0 Å². The van der Waals surface area contributed by atoms with E-state index in [4.69, 9.17) is 10.5 Å². The third-order valence-corrected chi connectivity index (χ3v) is 2.93. The highest BCUT2D eigenvalue weighted by Crippen LogP contribution is 2.33. The van der Waals surface area contributed by atoms with Gasteiger partial charge in [0.05, 0.1) is 5.69 Å². The number of hydrogen-bond acceptors (Lipinski definition) is 5. The molecule has 2 rings (SSSR count). The van der Waals surface area contributed by atoms with Gasteiger partial charge in [0.2, 0.25) is 11.8 Å². The summed E-state index contributed by atoms with van der Waals surface area (Å²) in [6, 6.07) is 7.03. The van der Waals surface area contributed by atoms with Crippen molar-refractivity contribution < 1.29 is 9.53 Å². The van der Waals surface area contributed by atoms with Gasteiger partial charge in [0.15, 0.2) is 5.75 Å². The van der Waals surface area contributed by atoms with Crippen molar-refractivity contribution in [1.82, 2.24) is 9.97 Å². The highest BCUT2D eigenvalue weighted by Gasteiger charge is 2.11. The number of amides is 1. The molecule has 0 fully saturated rings. The highest BCUT2D eigenvalue weighted by atomic mass is 79.9. The topological polar surface area (TPSA) is 90.1 Å². The molecule has 0 bridgehead atoms. The Morgan fingerprint density at radius 1 is 1.37 bits per heavy atom. The summed E-state index contributed by atoms with van der Waals surface area (Å²) in [4.78, 5) is 18.9. The average Bonchev–Trinajstić information content (AvgIpc) is 2.36. The van der Waals surface area contributed by atoms with Crippen LogP contribution < -0.4 is 15.8 Å². The zero-order valence-electron chi connectivity index (χ0n) is 10.1. The van der Waals surface area contributed by atoms with Crippen LogP contribution in [0.4, 0.5) is 11.5 Å². The first-order chi connectivity index (χ1) is 9.08. The summed E-state index contributed by atoms with van der Waals surface area (Å²) in [5.41, 5.74) is 6.20. The van der Waals surface area contributed by atoms with Crippen molar-refractivity contribution in [3.63, 3.8) is 0 Å². The molecule has 0 atom stereocenters. The van der Waals surface area contributed by atoms with Crippen molar-refractivity contribution in [3.05, 3.63) is 35.1 Å². The summed E-state index contributed by atoms with van der Waals surface area (Å²) in [6.45, 7) is 1.43. The molecule has 0 saturated heterocycles. The summed E-state index contributed by atoms with van der Waals surface area (Å²) in [7, 11) is 0. The van der Waals surface area contributed by atoms with Crippen molar-refractivity contribution >= 4 is 33.3 Å². The number of aromatic nitrogens is 2. The average molecular weight is 323 g/mol. The van der Waals surface area contributed by atoms with E-state index in [1.807, 2.05) is 0 Å². The van der Waals surface area contributed by atoms with Crippen LogP contribution in [0.2, 0.25) is 0 Å². The Labute approximate surface area is 118 Å². The van der Waals surface area contributed by atoms with Gasteiger partial charge >= 0.3 is 0 Å². The number of nitrogens with two attached hydrogens (primary N) is 1. The number of hydrogen-bond donors (Lipinski definition) is 2. The molecule has 1 aromatic heterocycles. The third-order valence-electron chi connectivity index (χ3n) is 2.19. The van der Waals surface area contributed by atoms with Gasteiger partial charge in [-0.1, -0.05) is 12.1 Å². The van der Waals surface area contributed by atoms with Crippen LogP contribution in [0.1, 0.15) is 6.92 Å². The maximum Gasteiger partial charge on any atom is 0.238 e. The van der Waals surface area contributed by atoms with Gasteiger partial charge in [-0.2, -0.15) is 0 Å². The number of ether oxygens (including phenoxy) is 1. The Hall–Kier alpha value is -2.15. The second kappa shape index (κ2) is 5.66. The number of rotatable bonds is 3. The lowest BCUT2D eigenvalue weighted by Crippen LogP contribution is -2.07. The van der Waals surface area contributed by atoms with Crippen LogP contribution in [0.5, 0.6) is 11.6 Å². The molecule has 0 unspecified atom stereocenters. The van der Waals surface area contributed by atoms with E-state index >= 15 is 0 Å². The van der Waals surface area contributed by atoms with E-state index in [-0.39, 0.29) is 17.6 Å². The largest absolute Gasteiger partial charge is 0.435 e. The molecule has 0 spiro atoms. The molecule has 98 valence electrons. The predicted molar refractivity (Wildman–Crippen MR) is 75.0 cm³/mol. The van der Waals surface area contributed by atoms with Gasteiger partial charge < -0.3 is 15.8 Å². The molecular formula is C12H11BrN4O2. The summed E-state index contributed by atoms with van der Waals surface area (Å²) < 4.78 is 6.09. The molecule has 7 heteroatoms. The number of halogens is 1. The fourth-order valence-electron chi connectivity index (χ4n) is 1.39.